The summed E-state index contributed by atoms with van der Waals surface area (Å²) in [5.74, 6) is 1.70. The van der Waals surface area contributed by atoms with Crippen LogP contribution in [-0.2, 0) is 25.1 Å². The summed E-state index contributed by atoms with van der Waals surface area (Å²) in [6.45, 7) is 0.323. The smallest absolute Gasteiger partial charge is 0.329 e. The molecule has 0 saturated carbocycles. The molecule has 0 fully saturated rings. The Bertz CT molecular complexity index is 1110. The summed E-state index contributed by atoms with van der Waals surface area (Å²) in [5, 5.41) is 12.5. The van der Waals surface area contributed by atoms with Gasteiger partial charge < -0.3 is 5.32 Å². The molecule has 3 N–H and O–H groups in total. The largest absolute Gasteiger partial charge is 0.342 e. The van der Waals surface area contributed by atoms with Gasteiger partial charge in [0.05, 0.1) is 0 Å². The predicted molar refractivity (Wildman–Crippen MR) is 113 cm³/mol. The summed E-state index contributed by atoms with van der Waals surface area (Å²) >= 11 is 1.59. The SMILES string of the molecule is O=c1cc(Nc2ccc3c(c2)CCC3)[nH]c(=O)n1CCSCc1ccc[n+](O)c1. The molecule has 150 valence electrons. The zero-order valence-corrected chi connectivity index (χ0v) is 16.7. The Hall–Kier alpha value is -3.00. The van der Waals surface area contributed by atoms with Gasteiger partial charge in [-0.15, -0.1) is 0 Å². The summed E-state index contributed by atoms with van der Waals surface area (Å²) in [5.41, 5.74) is 3.79. The average molecular weight is 412 g/mol. The van der Waals surface area contributed by atoms with Gasteiger partial charge in [0, 0.05) is 46.2 Å². The lowest BCUT2D eigenvalue weighted by molar-refractivity contribution is -0.905. The van der Waals surface area contributed by atoms with Crippen molar-refractivity contribution in [2.45, 2.75) is 31.6 Å². The zero-order valence-electron chi connectivity index (χ0n) is 15.9. The van der Waals surface area contributed by atoms with Crippen LogP contribution in [0.3, 0.4) is 0 Å². The maximum absolute atomic E-state index is 12.4. The number of pyridine rings is 1. The van der Waals surface area contributed by atoms with Crippen LogP contribution < -0.4 is 21.3 Å². The van der Waals surface area contributed by atoms with Gasteiger partial charge in [0.2, 0.25) is 12.4 Å². The van der Waals surface area contributed by atoms with Gasteiger partial charge in [-0.3, -0.25) is 19.6 Å². The van der Waals surface area contributed by atoms with Crippen LogP contribution in [0.2, 0.25) is 0 Å². The highest BCUT2D eigenvalue weighted by molar-refractivity contribution is 7.98. The summed E-state index contributed by atoms with van der Waals surface area (Å²) in [6.07, 6.45) is 6.54. The van der Waals surface area contributed by atoms with E-state index in [1.54, 1.807) is 30.2 Å². The molecule has 7 nitrogen and oxygen atoms in total. The molecule has 2 heterocycles. The lowest BCUT2D eigenvalue weighted by Crippen LogP contribution is -2.35. The van der Waals surface area contributed by atoms with E-state index in [4.69, 9.17) is 0 Å². The Morgan fingerprint density at radius 2 is 2.03 bits per heavy atom. The van der Waals surface area contributed by atoms with Crippen LogP contribution in [-0.4, -0.2) is 20.5 Å². The predicted octanol–water partition coefficient (Wildman–Crippen LogP) is 2.23. The fraction of sp³-hybridized carbons (Fsp3) is 0.286. The number of rotatable bonds is 7. The number of hydrogen-bond donors (Lipinski definition) is 3. The Morgan fingerprint density at radius 1 is 1.17 bits per heavy atom. The van der Waals surface area contributed by atoms with Crippen molar-refractivity contribution in [2.24, 2.45) is 0 Å². The third-order valence-corrected chi connectivity index (χ3v) is 5.98. The second-order valence-electron chi connectivity index (χ2n) is 7.08. The molecule has 0 spiro atoms. The molecule has 0 bridgehead atoms. The highest BCUT2D eigenvalue weighted by Crippen LogP contribution is 2.25. The van der Waals surface area contributed by atoms with E-state index in [1.807, 2.05) is 12.1 Å². The van der Waals surface area contributed by atoms with E-state index in [9.17, 15) is 14.8 Å². The number of nitrogens with one attached hydrogen (secondary N) is 2. The number of aryl methyl sites for hydroxylation is 2. The number of aromatic amines is 1. The van der Waals surface area contributed by atoms with Gasteiger partial charge >= 0.3 is 5.69 Å². The normalized spacial score (nSPS) is 12.7. The van der Waals surface area contributed by atoms with Crippen LogP contribution in [0.5, 0.6) is 0 Å². The molecule has 2 aromatic heterocycles. The molecule has 0 aliphatic heterocycles. The van der Waals surface area contributed by atoms with Gasteiger partial charge in [-0.25, -0.2) is 4.79 Å². The first-order valence-corrected chi connectivity index (χ1v) is 10.7. The van der Waals surface area contributed by atoms with Gasteiger partial charge in [-0.05, 0) is 48.6 Å². The minimum absolute atomic E-state index is 0.323. The van der Waals surface area contributed by atoms with Gasteiger partial charge in [0.15, 0.2) is 0 Å². The summed E-state index contributed by atoms with van der Waals surface area (Å²) in [7, 11) is 0. The number of benzene rings is 1. The minimum atomic E-state index is -0.422. The molecular formula is C21H23N4O3S+. The standard InChI is InChI=1S/C21H22N4O3S/c26-20-12-19(22-18-7-6-16-4-1-5-17(16)11-18)23-21(27)25(20)9-10-29-14-15-3-2-8-24(28)13-15/h2-3,6-8,11-13H,1,4-5,9-10,14H2,(H2-,22,23,26,27,28)/p+1. The maximum atomic E-state index is 12.4. The van der Waals surface area contributed by atoms with Crippen molar-refractivity contribution in [1.29, 1.82) is 0 Å². The molecule has 0 saturated heterocycles. The van der Waals surface area contributed by atoms with E-state index in [2.05, 4.69) is 22.4 Å². The highest BCUT2D eigenvalue weighted by atomic mass is 32.2. The van der Waals surface area contributed by atoms with E-state index < -0.39 is 5.69 Å². The number of anilines is 2. The lowest BCUT2D eigenvalue weighted by Gasteiger charge is -2.10. The van der Waals surface area contributed by atoms with Gasteiger partial charge in [0.1, 0.15) is 5.82 Å². The first-order valence-electron chi connectivity index (χ1n) is 9.59. The van der Waals surface area contributed by atoms with Crippen LogP contribution >= 0.6 is 11.8 Å². The van der Waals surface area contributed by atoms with Gasteiger partial charge in [-0.2, -0.15) is 11.8 Å². The molecule has 1 aliphatic rings. The summed E-state index contributed by atoms with van der Waals surface area (Å²) in [6, 6.07) is 11.3. The first kappa shape index (κ1) is 19.3. The van der Waals surface area contributed by atoms with E-state index in [1.165, 1.54) is 28.2 Å². The third-order valence-electron chi connectivity index (χ3n) is 4.97. The number of hydrogen-bond acceptors (Lipinski definition) is 5. The van der Waals surface area contributed by atoms with Gasteiger partial charge in [-0.1, -0.05) is 6.07 Å². The highest BCUT2D eigenvalue weighted by Gasteiger charge is 2.11. The van der Waals surface area contributed by atoms with Crippen molar-refractivity contribution < 1.29 is 9.94 Å². The van der Waals surface area contributed by atoms with Crippen LogP contribution in [0.1, 0.15) is 23.1 Å². The Morgan fingerprint density at radius 3 is 2.86 bits per heavy atom. The Kier molecular flexibility index (Phi) is 5.71. The van der Waals surface area contributed by atoms with Crippen LogP contribution in [0, 0.1) is 0 Å². The van der Waals surface area contributed by atoms with E-state index >= 15 is 0 Å². The topological polar surface area (TPSA) is 91.0 Å². The van der Waals surface area contributed by atoms with Crippen molar-refractivity contribution in [2.75, 3.05) is 11.1 Å². The first-order chi connectivity index (χ1) is 14.1. The lowest BCUT2D eigenvalue weighted by atomic mass is 10.1. The number of thioether (sulfide) groups is 1. The second kappa shape index (κ2) is 8.57. The molecule has 1 aromatic carbocycles. The fourth-order valence-electron chi connectivity index (χ4n) is 3.55. The molecular weight excluding hydrogens is 388 g/mol. The summed E-state index contributed by atoms with van der Waals surface area (Å²) < 4.78 is 2.22. The number of nitrogens with zero attached hydrogens (tertiary/aromatic N) is 2. The average Bonchev–Trinajstić information content (AvgIpc) is 3.15. The van der Waals surface area contributed by atoms with Crippen molar-refractivity contribution in [3.8, 4) is 0 Å². The van der Waals surface area contributed by atoms with E-state index in [0.29, 0.717) is 23.9 Å². The summed E-state index contributed by atoms with van der Waals surface area (Å²) in [4.78, 5) is 27.5. The van der Waals surface area contributed by atoms with Crippen LogP contribution in [0.15, 0.2) is 58.4 Å². The van der Waals surface area contributed by atoms with Gasteiger partial charge in [0.25, 0.3) is 5.56 Å². The minimum Gasteiger partial charge on any atom is -0.342 e. The van der Waals surface area contributed by atoms with Crippen molar-refractivity contribution >= 4 is 23.3 Å². The molecule has 4 rings (SSSR count). The molecule has 0 amide bonds. The number of fused-ring (bicyclic) bond motifs is 1. The molecule has 8 heteroatoms. The molecule has 3 aromatic rings. The van der Waals surface area contributed by atoms with Crippen molar-refractivity contribution in [1.82, 2.24) is 9.55 Å². The molecule has 0 unspecified atom stereocenters. The molecule has 0 radical (unpaired) electrons. The third kappa shape index (κ3) is 4.71. The quantitative estimate of drug-likeness (QED) is 0.315. The maximum Gasteiger partial charge on any atom is 0.329 e. The molecule has 29 heavy (non-hydrogen) atoms. The van der Waals surface area contributed by atoms with E-state index in [-0.39, 0.29) is 5.56 Å². The van der Waals surface area contributed by atoms with Crippen LogP contribution in [0.25, 0.3) is 0 Å². The monoisotopic (exact) mass is 411 g/mol. The Balaban J connectivity index is 1.38. The fourth-order valence-corrected chi connectivity index (χ4v) is 4.41. The molecule has 1 aliphatic carbocycles. The Labute approximate surface area is 172 Å². The number of aromatic nitrogens is 3. The second-order valence-corrected chi connectivity index (χ2v) is 8.19. The molecule has 0 atom stereocenters. The number of H-pyrrole nitrogens is 1. The van der Waals surface area contributed by atoms with E-state index in [0.717, 1.165) is 28.8 Å². The van der Waals surface area contributed by atoms with Crippen molar-refractivity contribution in [3.63, 3.8) is 0 Å². The van der Waals surface area contributed by atoms with Crippen molar-refractivity contribution in [3.05, 3.63) is 86.3 Å². The zero-order chi connectivity index (χ0) is 20.2. The van der Waals surface area contributed by atoms with Crippen LogP contribution in [0.4, 0.5) is 11.5 Å².